The maximum absolute atomic E-state index is 12.0. The van der Waals surface area contributed by atoms with E-state index in [4.69, 9.17) is 19.7 Å². The average Bonchev–Trinajstić information content (AvgIpc) is 2.56. The molecule has 0 aromatic rings. The number of rotatable bonds is 9. The molecule has 6 nitrogen and oxygen atoms in total. The zero-order valence-corrected chi connectivity index (χ0v) is 13.4. The van der Waals surface area contributed by atoms with Crippen LogP contribution in [0.1, 0.15) is 26.2 Å². The van der Waals surface area contributed by atoms with Gasteiger partial charge in [0.25, 0.3) is 0 Å². The number of hydrogen-bond acceptors (Lipinski definition) is 6. The van der Waals surface area contributed by atoms with Crippen molar-refractivity contribution in [2.75, 3.05) is 26.4 Å². The highest BCUT2D eigenvalue weighted by Gasteiger charge is 2.25. The van der Waals surface area contributed by atoms with E-state index in [9.17, 15) is 9.59 Å². The summed E-state index contributed by atoms with van der Waals surface area (Å²) in [6, 6.07) is 0. The van der Waals surface area contributed by atoms with Crippen LogP contribution in [0.15, 0.2) is 35.5 Å². The molecule has 0 fully saturated rings. The largest absolute Gasteiger partial charge is 0.463 e. The summed E-state index contributed by atoms with van der Waals surface area (Å²) in [5.41, 5.74) is 1.06. The Morgan fingerprint density at radius 2 is 1.96 bits per heavy atom. The summed E-state index contributed by atoms with van der Waals surface area (Å²) in [5, 5.41) is 17.4. The SMILES string of the molecule is CCC=C1C=C(C(=O)OCCCCO)C=CC1C(=O)OCCO. The minimum atomic E-state index is -0.576. The van der Waals surface area contributed by atoms with Crippen molar-refractivity contribution in [2.45, 2.75) is 26.2 Å². The normalized spacial score (nSPS) is 18.7. The highest BCUT2D eigenvalue weighted by atomic mass is 16.5. The zero-order chi connectivity index (χ0) is 17.1. The summed E-state index contributed by atoms with van der Waals surface area (Å²) < 4.78 is 10.1. The van der Waals surface area contributed by atoms with E-state index in [1.165, 1.54) is 0 Å². The quantitative estimate of drug-likeness (QED) is 0.490. The predicted octanol–water partition coefficient (Wildman–Crippen LogP) is 1.29. The van der Waals surface area contributed by atoms with Gasteiger partial charge < -0.3 is 19.7 Å². The number of aliphatic hydroxyl groups is 2. The Morgan fingerprint density at radius 1 is 1.17 bits per heavy atom. The summed E-state index contributed by atoms with van der Waals surface area (Å²) >= 11 is 0. The molecule has 128 valence electrons. The van der Waals surface area contributed by atoms with Crippen molar-refractivity contribution in [1.82, 2.24) is 0 Å². The number of carbonyl (C=O) groups excluding carboxylic acids is 2. The molecule has 0 saturated heterocycles. The number of esters is 2. The molecule has 6 heteroatoms. The van der Waals surface area contributed by atoms with Crippen LogP contribution in [-0.4, -0.2) is 48.6 Å². The maximum atomic E-state index is 12.0. The van der Waals surface area contributed by atoms with Gasteiger partial charge in [0.2, 0.25) is 0 Å². The Balaban J connectivity index is 2.71. The van der Waals surface area contributed by atoms with Gasteiger partial charge in [-0.25, -0.2) is 4.79 Å². The van der Waals surface area contributed by atoms with Crippen LogP contribution < -0.4 is 0 Å². The van der Waals surface area contributed by atoms with Gasteiger partial charge in [0, 0.05) is 6.61 Å². The van der Waals surface area contributed by atoms with Gasteiger partial charge in [0.1, 0.15) is 6.61 Å². The molecule has 0 bridgehead atoms. The van der Waals surface area contributed by atoms with Gasteiger partial charge in [-0.3, -0.25) is 4.79 Å². The first kappa shape index (κ1) is 19.1. The van der Waals surface area contributed by atoms with Crippen LogP contribution in [0.5, 0.6) is 0 Å². The molecule has 1 aliphatic carbocycles. The number of unbranched alkanes of at least 4 members (excludes halogenated alkanes) is 1. The lowest BCUT2D eigenvalue weighted by atomic mass is 9.90. The van der Waals surface area contributed by atoms with E-state index < -0.39 is 17.9 Å². The standard InChI is InChI=1S/C17H24O6/c1-2-5-13-12-14(16(20)22-10-4-3-8-18)6-7-15(13)17(21)23-11-9-19/h5-7,12,15,18-19H,2-4,8-11H2,1H3. The average molecular weight is 324 g/mol. The van der Waals surface area contributed by atoms with Gasteiger partial charge in [-0.05, 0) is 30.9 Å². The van der Waals surface area contributed by atoms with Crippen molar-refractivity contribution in [3.8, 4) is 0 Å². The third-order valence-electron chi connectivity index (χ3n) is 3.20. The van der Waals surface area contributed by atoms with E-state index in [1.807, 2.05) is 13.0 Å². The molecule has 1 unspecified atom stereocenters. The van der Waals surface area contributed by atoms with E-state index in [1.54, 1.807) is 18.2 Å². The fourth-order valence-corrected chi connectivity index (χ4v) is 2.09. The maximum Gasteiger partial charge on any atom is 0.338 e. The number of carbonyl (C=O) groups is 2. The van der Waals surface area contributed by atoms with Gasteiger partial charge in [-0.1, -0.05) is 25.2 Å². The second kappa shape index (κ2) is 10.7. The van der Waals surface area contributed by atoms with Crippen molar-refractivity contribution in [1.29, 1.82) is 0 Å². The van der Waals surface area contributed by atoms with Crippen molar-refractivity contribution in [3.63, 3.8) is 0 Å². The molecular weight excluding hydrogens is 300 g/mol. The fraction of sp³-hybridized carbons (Fsp3) is 0.529. The summed E-state index contributed by atoms with van der Waals surface area (Å²) in [6.07, 6.45) is 8.53. The molecule has 0 heterocycles. The predicted molar refractivity (Wildman–Crippen MR) is 84.4 cm³/mol. The highest BCUT2D eigenvalue weighted by molar-refractivity contribution is 5.94. The highest BCUT2D eigenvalue weighted by Crippen LogP contribution is 2.25. The van der Waals surface area contributed by atoms with Crippen LogP contribution >= 0.6 is 0 Å². The van der Waals surface area contributed by atoms with Crippen molar-refractivity contribution in [2.24, 2.45) is 5.92 Å². The van der Waals surface area contributed by atoms with Gasteiger partial charge in [-0.15, -0.1) is 0 Å². The smallest absolute Gasteiger partial charge is 0.338 e. The molecule has 23 heavy (non-hydrogen) atoms. The molecular formula is C17H24O6. The summed E-state index contributed by atoms with van der Waals surface area (Å²) in [6.45, 7) is 1.98. The molecule has 0 spiro atoms. The zero-order valence-electron chi connectivity index (χ0n) is 13.4. The van der Waals surface area contributed by atoms with Crippen LogP contribution in [-0.2, 0) is 19.1 Å². The molecule has 0 saturated carbocycles. The number of hydrogen-bond donors (Lipinski definition) is 2. The van der Waals surface area contributed by atoms with E-state index >= 15 is 0 Å². The summed E-state index contributed by atoms with van der Waals surface area (Å²) in [7, 11) is 0. The van der Waals surface area contributed by atoms with Crippen LogP contribution in [0.4, 0.5) is 0 Å². The van der Waals surface area contributed by atoms with Crippen molar-refractivity contribution in [3.05, 3.63) is 35.5 Å². The molecule has 2 N–H and O–H groups in total. The molecule has 1 atom stereocenters. The molecule has 0 aliphatic heterocycles. The van der Waals surface area contributed by atoms with Crippen LogP contribution in [0.25, 0.3) is 0 Å². The topological polar surface area (TPSA) is 93.1 Å². The molecule has 1 aliphatic rings. The minimum Gasteiger partial charge on any atom is -0.463 e. The first-order chi connectivity index (χ1) is 11.1. The first-order valence-electron chi connectivity index (χ1n) is 7.79. The summed E-state index contributed by atoms with van der Waals surface area (Å²) in [4.78, 5) is 23.9. The Bertz CT molecular complexity index is 489. The lowest BCUT2D eigenvalue weighted by Gasteiger charge is -2.18. The molecule has 0 radical (unpaired) electrons. The van der Waals surface area contributed by atoms with E-state index in [-0.39, 0.29) is 26.4 Å². The lowest BCUT2D eigenvalue weighted by molar-refractivity contribution is -0.146. The monoisotopic (exact) mass is 324 g/mol. The van der Waals surface area contributed by atoms with Crippen LogP contribution in [0.2, 0.25) is 0 Å². The molecule has 1 rings (SSSR count). The fourth-order valence-electron chi connectivity index (χ4n) is 2.09. The number of aliphatic hydroxyl groups excluding tert-OH is 2. The number of allylic oxidation sites excluding steroid dienone is 2. The first-order valence-corrected chi connectivity index (χ1v) is 7.79. The second-order valence-corrected chi connectivity index (χ2v) is 5.01. The van der Waals surface area contributed by atoms with E-state index in [0.29, 0.717) is 30.4 Å². The van der Waals surface area contributed by atoms with Crippen molar-refractivity contribution < 1.29 is 29.3 Å². The molecule has 0 aromatic heterocycles. The molecule has 0 amide bonds. The number of ether oxygens (including phenoxy) is 2. The molecule has 0 aromatic carbocycles. The third-order valence-corrected chi connectivity index (χ3v) is 3.20. The Morgan fingerprint density at radius 3 is 2.61 bits per heavy atom. The summed E-state index contributed by atoms with van der Waals surface area (Å²) in [5.74, 6) is -1.49. The van der Waals surface area contributed by atoms with Gasteiger partial charge in [-0.2, -0.15) is 0 Å². The van der Waals surface area contributed by atoms with Gasteiger partial charge in [0.15, 0.2) is 0 Å². The minimum absolute atomic E-state index is 0.0496. The Hall–Kier alpha value is -1.92. The van der Waals surface area contributed by atoms with E-state index in [0.717, 1.165) is 0 Å². The van der Waals surface area contributed by atoms with E-state index in [2.05, 4.69) is 0 Å². The Labute approximate surface area is 136 Å². The third kappa shape index (κ3) is 6.38. The second-order valence-electron chi connectivity index (χ2n) is 5.01. The van der Waals surface area contributed by atoms with Gasteiger partial charge in [0.05, 0.1) is 24.7 Å². The van der Waals surface area contributed by atoms with Crippen LogP contribution in [0.3, 0.4) is 0 Å². The van der Waals surface area contributed by atoms with Crippen molar-refractivity contribution >= 4 is 11.9 Å². The Kier molecular flexibility index (Phi) is 8.94. The van der Waals surface area contributed by atoms with Crippen LogP contribution in [0, 0.1) is 5.92 Å². The van der Waals surface area contributed by atoms with Gasteiger partial charge >= 0.3 is 11.9 Å². The lowest BCUT2D eigenvalue weighted by Crippen LogP contribution is -2.22.